The quantitative estimate of drug-likeness (QED) is 0.779. The predicted octanol–water partition coefficient (Wildman–Crippen LogP) is 2.02. The Morgan fingerprint density at radius 1 is 1.22 bits per heavy atom. The van der Waals surface area contributed by atoms with Crippen molar-refractivity contribution in [1.29, 1.82) is 0 Å². The monoisotopic (exact) mass is 312 g/mol. The number of anilines is 1. The molecular formula is C13H21BrN4. The first-order chi connectivity index (χ1) is 8.83. The molecule has 1 aliphatic heterocycles. The number of nitrogens with zero attached hydrogens (tertiary/aromatic N) is 4. The molecule has 0 amide bonds. The van der Waals surface area contributed by atoms with Gasteiger partial charge >= 0.3 is 0 Å². The van der Waals surface area contributed by atoms with Crippen LogP contribution in [0, 0.1) is 5.92 Å². The molecule has 0 aromatic carbocycles. The summed E-state index contributed by atoms with van der Waals surface area (Å²) in [7, 11) is 0. The van der Waals surface area contributed by atoms with E-state index in [1.807, 2.05) is 18.5 Å². The molecular weight excluding hydrogens is 292 g/mol. The highest BCUT2D eigenvalue weighted by atomic mass is 79.9. The number of halogens is 1. The maximum atomic E-state index is 4.31. The van der Waals surface area contributed by atoms with Gasteiger partial charge in [-0.3, -0.25) is 4.90 Å². The lowest BCUT2D eigenvalue weighted by Crippen LogP contribution is -2.48. The van der Waals surface area contributed by atoms with Gasteiger partial charge in [-0.1, -0.05) is 29.3 Å². The Kier molecular flexibility index (Phi) is 5.38. The van der Waals surface area contributed by atoms with E-state index in [4.69, 9.17) is 0 Å². The van der Waals surface area contributed by atoms with Gasteiger partial charge < -0.3 is 4.90 Å². The summed E-state index contributed by atoms with van der Waals surface area (Å²) < 4.78 is 0. The second-order valence-electron chi connectivity index (χ2n) is 4.77. The zero-order valence-electron chi connectivity index (χ0n) is 10.9. The number of hydrogen-bond donors (Lipinski definition) is 0. The highest BCUT2D eigenvalue weighted by Crippen LogP contribution is 2.13. The highest BCUT2D eigenvalue weighted by molar-refractivity contribution is 9.09. The van der Waals surface area contributed by atoms with Crippen molar-refractivity contribution >= 4 is 21.9 Å². The molecule has 0 bridgehead atoms. The summed E-state index contributed by atoms with van der Waals surface area (Å²) in [6.45, 7) is 7.75. The fourth-order valence-electron chi connectivity index (χ4n) is 2.24. The molecule has 1 unspecified atom stereocenters. The van der Waals surface area contributed by atoms with Gasteiger partial charge in [-0.25, -0.2) is 9.97 Å². The Bertz CT molecular complexity index is 334. The average molecular weight is 313 g/mol. The van der Waals surface area contributed by atoms with Crippen molar-refractivity contribution in [3.63, 3.8) is 0 Å². The van der Waals surface area contributed by atoms with Crippen molar-refractivity contribution in [2.45, 2.75) is 13.3 Å². The molecule has 100 valence electrons. The van der Waals surface area contributed by atoms with E-state index in [2.05, 4.69) is 42.6 Å². The minimum atomic E-state index is 0.768. The molecule has 1 aromatic heterocycles. The molecule has 0 spiro atoms. The van der Waals surface area contributed by atoms with Crippen molar-refractivity contribution in [2.24, 2.45) is 5.92 Å². The zero-order chi connectivity index (χ0) is 12.8. The molecule has 2 heterocycles. The van der Waals surface area contributed by atoms with Crippen LogP contribution in [0.1, 0.15) is 13.3 Å². The van der Waals surface area contributed by atoms with E-state index in [0.717, 1.165) is 43.4 Å². The Labute approximate surface area is 118 Å². The smallest absolute Gasteiger partial charge is 0.225 e. The SMILES string of the molecule is CCC(CBr)CN1CCN(c2ncccn2)CC1. The Morgan fingerprint density at radius 2 is 1.89 bits per heavy atom. The number of alkyl halides is 1. The molecule has 18 heavy (non-hydrogen) atoms. The van der Waals surface area contributed by atoms with Crippen molar-refractivity contribution in [2.75, 3.05) is 43.0 Å². The fraction of sp³-hybridized carbons (Fsp3) is 0.692. The number of rotatable bonds is 5. The van der Waals surface area contributed by atoms with Gasteiger partial charge in [-0.15, -0.1) is 0 Å². The molecule has 1 fully saturated rings. The van der Waals surface area contributed by atoms with E-state index < -0.39 is 0 Å². The van der Waals surface area contributed by atoms with Crippen LogP contribution in [-0.2, 0) is 0 Å². The van der Waals surface area contributed by atoms with E-state index in [9.17, 15) is 0 Å². The Morgan fingerprint density at radius 3 is 2.44 bits per heavy atom. The zero-order valence-corrected chi connectivity index (χ0v) is 12.5. The molecule has 5 heteroatoms. The minimum Gasteiger partial charge on any atom is -0.338 e. The fourth-order valence-corrected chi connectivity index (χ4v) is 2.90. The number of piperazine rings is 1. The van der Waals surface area contributed by atoms with Gasteiger partial charge in [0.1, 0.15) is 0 Å². The first-order valence-corrected chi connectivity index (χ1v) is 7.76. The molecule has 0 radical (unpaired) electrons. The summed E-state index contributed by atoms with van der Waals surface area (Å²) >= 11 is 3.59. The summed E-state index contributed by atoms with van der Waals surface area (Å²) in [4.78, 5) is 13.4. The van der Waals surface area contributed by atoms with Gasteiger partial charge in [0.2, 0.25) is 5.95 Å². The van der Waals surface area contributed by atoms with Gasteiger partial charge in [-0.2, -0.15) is 0 Å². The maximum Gasteiger partial charge on any atom is 0.225 e. The van der Waals surface area contributed by atoms with Crippen LogP contribution in [0.4, 0.5) is 5.95 Å². The maximum absolute atomic E-state index is 4.31. The molecule has 0 saturated carbocycles. The first kappa shape index (κ1) is 13.7. The van der Waals surface area contributed by atoms with Crippen LogP contribution in [0.15, 0.2) is 18.5 Å². The van der Waals surface area contributed by atoms with Crippen LogP contribution in [0.3, 0.4) is 0 Å². The summed E-state index contributed by atoms with van der Waals surface area (Å²) in [5.41, 5.74) is 0. The molecule has 0 N–H and O–H groups in total. The Hall–Kier alpha value is -0.680. The van der Waals surface area contributed by atoms with Gasteiger partial charge in [-0.05, 0) is 12.0 Å². The van der Waals surface area contributed by atoms with Crippen LogP contribution in [-0.4, -0.2) is 52.9 Å². The van der Waals surface area contributed by atoms with E-state index in [1.54, 1.807) is 0 Å². The van der Waals surface area contributed by atoms with E-state index in [-0.39, 0.29) is 0 Å². The van der Waals surface area contributed by atoms with E-state index in [0.29, 0.717) is 0 Å². The summed E-state index contributed by atoms with van der Waals surface area (Å²) in [5.74, 6) is 1.63. The molecule has 1 aliphatic rings. The van der Waals surface area contributed by atoms with Crippen molar-refractivity contribution < 1.29 is 0 Å². The normalized spacial score (nSPS) is 18.9. The molecule has 4 nitrogen and oxygen atoms in total. The molecule has 1 aromatic rings. The van der Waals surface area contributed by atoms with Crippen molar-refractivity contribution in [3.8, 4) is 0 Å². The van der Waals surface area contributed by atoms with E-state index >= 15 is 0 Å². The third-order valence-electron chi connectivity index (χ3n) is 3.52. The third-order valence-corrected chi connectivity index (χ3v) is 4.43. The lowest BCUT2D eigenvalue weighted by molar-refractivity contribution is 0.224. The van der Waals surface area contributed by atoms with Crippen molar-refractivity contribution in [3.05, 3.63) is 18.5 Å². The summed E-state index contributed by atoms with van der Waals surface area (Å²) in [6, 6.07) is 1.86. The molecule has 0 aliphatic carbocycles. The van der Waals surface area contributed by atoms with Crippen LogP contribution in [0.2, 0.25) is 0 Å². The van der Waals surface area contributed by atoms with Crippen LogP contribution >= 0.6 is 15.9 Å². The standard InChI is InChI=1S/C13H21BrN4/c1-2-12(10-14)11-17-6-8-18(9-7-17)13-15-4-3-5-16-13/h3-5,12H,2,6-11H2,1H3. The highest BCUT2D eigenvalue weighted by Gasteiger charge is 2.20. The van der Waals surface area contributed by atoms with Gasteiger partial charge in [0.15, 0.2) is 0 Å². The minimum absolute atomic E-state index is 0.768. The summed E-state index contributed by atoms with van der Waals surface area (Å²) in [6.07, 6.45) is 4.87. The van der Waals surface area contributed by atoms with Crippen LogP contribution in [0.5, 0.6) is 0 Å². The first-order valence-electron chi connectivity index (χ1n) is 6.63. The number of hydrogen-bond acceptors (Lipinski definition) is 4. The average Bonchev–Trinajstić information content (AvgIpc) is 2.46. The number of aromatic nitrogens is 2. The molecule has 2 rings (SSSR count). The van der Waals surface area contributed by atoms with Gasteiger partial charge in [0.05, 0.1) is 0 Å². The molecule has 1 atom stereocenters. The predicted molar refractivity (Wildman–Crippen MR) is 78.3 cm³/mol. The second kappa shape index (κ2) is 7.04. The Balaban J connectivity index is 1.81. The molecule has 1 saturated heterocycles. The van der Waals surface area contributed by atoms with Crippen molar-refractivity contribution in [1.82, 2.24) is 14.9 Å². The second-order valence-corrected chi connectivity index (χ2v) is 5.41. The topological polar surface area (TPSA) is 32.3 Å². The van der Waals surface area contributed by atoms with Gasteiger partial charge in [0.25, 0.3) is 0 Å². The lowest BCUT2D eigenvalue weighted by Gasteiger charge is -2.36. The van der Waals surface area contributed by atoms with Crippen LogP contribution < -0.4 is 4.90 Å². The van der Waals surface area contributed by atoms with Crippen LogP contribution in [0.25, 0.3) is 0 Å². The third kappa shape index (κ3) is 3.65. The largest absolute Gasteiger partial charge is 0.338 e. The van der Waals surface area contributed by atoms with Gasteiger partial charge in [0, 0.05) is 50.4 Å². The van der Waals surface area contributed by atoms with E-state index in [1.165, 1.54) is 13.0 Å². The lowest BCUT2D eigenvalue weighted by atomic mass is 10.1. The summed E-state index contributed by atoms with van der Waals surface area (Å²) in [5, 5.41) is 1.10.